The van der Waals surface area contributed by atoms with Crippen LogP contribution in [0.1, 0.15) is 29.4 Å². The van der Waals surface area contributed by atoms with Gasteiger partial charge in [0.05, 0.1) is 11.2 Å². The molecule has 0 radical (unpaired) electrons. The maximum atomic E-state index is 12.4. The summed E-state index contributed by atoms with van der Waals surface area (Å²) < 4.78 is 11.2. The van der Waals surface area contributed by atoms with E-state index in [4.69, 9.17) is 9.26 Å². The van der Waals surface area contributed by atoms with Crippen molar-refractivity contribution in [3.63, 3.8) is 0 Å². The molecule has 1 N–H and O–H groups in total. The van der Waals surface area contributed by atoms with Crippen molar-refractivity contribution in [2.45, 2.75) is 24.3 Å². The van der Waals surface area contributed by atoms with E-state index in [-0.39, 0.29) is 12.3 Å². The number of aromatic nitrogens is 2. The van der Waals surface area contributed by atoms with E-state index in [0.29, 0.717) is 29.3 Å². The van der Waals surface area contributed by atoms with Gasteiger partial charge in [0, 0.05) is 35.6 Å². The van der Waals surface area contributed by atoms with E-state index in [1.165, 1.54) is 17.1 Å². The maximum Gasteiger partial charge on any atom is 0.227 e. The fraction of sp³-hybridized carbons (Fsp3) is 0.318. The first kappa shape index (κ1) is 20.8. The molecule has 1 aliphatic heterocycles. The Labute approximate surface area is 184 Å². The molecule has 0 spiro atoms. The molecule has 1 amide bonds. The van der Waals surface area contributed by atoms with Gasteiger partial charge in [0.25, 0.3) is 0 Å². The van der Waals surface area contributed by atoms with Crippen molar-refractivity contribution in [2.24, 2.45) is 0 Å². The minimum atomic E-state index is -0.0697. The van der Waals surface area contributed by atoms with Crippen LogP contribution < -0.4 is 10.1 Å². The van der Waals surface area contributed by atoms with Gasteiger partial charge >= 0.3 is 0 Å². The monoisotopic (exact) mass is 441 g/mol. The Morgan fingerprint density at radius 1 is 1.20 bits per heavy atom. The van der Waals surface area contributed by atoms with Crippen molar-refractivity contribution < 1.29 is 14.1 Å². The molecule has 3 aromatic rings. The van der Waals surface area contributed by atoms with Crippen molar-refractivity contribution in [3.05, 3.63) is 60.0 Å². The number of ether oxygens (including phenoxy) is 1. The van der Waals surface area contributed by atoms with E-state index in [0.717, 1.165) is 17.0 Å². The highest BCUT2D eigenvalue weighted by Crippen LogP contribution is 2.45. The van der Waals surface area contributed by atoms with Crippen LogP contribution in [0.15, 0.2) is 53.1 Å². The highest BCUT2D eigenvalue weighted by Gasteiger charge is 2.18. The molecule has 2 aromatic carbocycles. The number of amides is 1. The molecule has 2 heterocycles. The van der Waals surface area contributed by atoms with Gasteiger partial charge in [-0.05, 0) is 48.9 Å². The zero-order valence-corrected chi connectivity index (χ0v) is 18.3. The lowest BCUT2D eigenvalue weighted by atomic mass is 10.2. The zero-order chi connectivity index (χ0) is 20.8. The van der Waals surface area contributed by atoms with Crippen LogP contribution in [0, 0.1) is 0 Å². The first-order valence-electron chi connectivity index (χ1n) is 9.90. The lowest BCUT2D eigenvalue weighted by Crippen LogP contribution is -2.12. The summed E-state index contributed by atoms with van der Waals surface area (Å²) in [5.74, 6) is 4.04. The molecule has 0 saturated carbocycles. The Morgan fingerprint density at radius 3 is 2.77 bits per heavy atom. The van der Waals surface area contributed by atoms with Crippen molar-refractivity contribution in [2.75, 3.05) is 23.4 Å². The van der Waals surface area contributed by atoms with Crippen LogP contribution in [0.25, 0.3) is 11.4 Å². The first-order chi connectivity index (χ1) is 14.7. The van der Waals surface area contributed by atoms with E-state index >= 15 is 0 Å². The predicted octanol–water partition coefficient (Wildman–Crippen LogP) is 5.19. The molecule has 1 aliphatic rings. The third kappa shape index (κ3) is 5.37. The summed E-state index contributed by atoms with van der Waals surface area (Å²) >= 11 is 3.90. The number of hydrogen-bond donors (Lipinski definition) is 1. The predicted molar refractivity (Wildman–Crippen MR) is 122 cm³/mol. The number of carbonyl (C=O) groups excluding carboxylic acids is 1. The quantitative estimate of drug-likeness (QED) is 0.516. The largest absolute Gasteiger partial charge is 0.494 e. The van der Waals surface area contributed by atoms with Crippen LogP contribution in [-0.4, -0.2) is 34.2 Å². The highest BCUT2D eigenvalue weighted by molar-refractivity contribution is 8.19. The first-order valence-corrected chi connectivity index (χ1v) is 12.0. The molecule has 1 saturated heterocycles. The minimum absolute atomic E-state index is 0.0697. The molecule has 1 aromatic heterocycles. The minimum Gasteiger partial charge on any atom is -0.494 e. The summed E-state index contributed by atoms with van der Waals surface area (Å²) in [6, 6.07) is 15.6. The van der Waals surface area contributed by atoms with Gasteiger partial charge in [-0.1, -0.05) is 17.3 Å². The van der Waals surface area contributed by atoms with Gasteiger partial charge in [-0.15, -0.1) is 23.5 Å². The summed E-state index contributed by atoms with van der Waals surface area (Å²) in [6.07, 6.45) is 0.673. The topological polar surface area (TPSA) is 77.2 Å². The summed E-state index contributed by atoms with van der Waals surface area (Å²) in [6.45, 7) is 2.57. The number of benzene rings is 2. The Kier molecular flexibility index (Phi) is 6.96. The number of anilines is 1. The lowest BCUT2D eigenvalue weighted by molar-refractivity contribution is -0.116. The second-order valence-corrected chi connectivity index (χ2v) is 9.44. The Bertz CT molecular complexity index is 985. The molecule has 8 heteroatoms. The zero-order valence-electron chi connectivity index (χ0n) is 16.7. The van der Waals surface area contributed by atoms with E-state index < -0.39 is 0 Å². The van der Waals surface area contributed by atoms with Gasteiger partial charge in [-0.25, -0.2) is 0 Å². The number of carbonyl (C=O) groups is 1. The summed E-state index contributed by atoms with van der Waals surface area (Å²) in [5, 5.41) is 6.99. The molecule has 1 fully saturated rings. The van der Waals surface area contributed by atoms with E-state index in [1.807, 2.05) is 66.8 Å². The SMILES string of the molecule is CCOc1ccc(-c2noc(CCC(=O)Nc3cccc(C4SCCS4)c3)n2)cc1. The molecule has 4 rings (SSSR count). The van der Waals surface area contributed by atoms with Crippen LogP contribution in [0.5, 0.6) is 5.75 Å². The number of hydrogen-bond acceptors (Lipinski definition) is 7. The second-order valence-electron chi connectivity index (χ2n) is 6.72. The van der Waals surface area contributed by atoms with E-state index in [9.17, 15) is 4.79 Å². The number of aryl methyl sites for hydroxylation is 1. The molecule has 0 atom stereocenters. The summed E-state index contributed by atoms with van der Waals surface area (Å²) in [4.78, 5) is 16.8. The van der Waals surface area contributed by atoms with E-state index in [1.54, 1.807) is 0 Å². The van der Waals surface area contributed by atoms with Gasteiger partial charge in [0.1, 0.15) is 5.75 Å². The van der Waals surface area contributed by atoms with Crippen molar-refractivity contribution in [1.82, 2.24) is 10.1 Å². The molecule has 30 heavy (non-hydrogen) atoms. The normalized spacial score (nSPS) is 14.0. The second kappa shape index (κ2) is 10.0. The molecule has 0 bridgehead atoms. The van der Waals surface area contributed by atoms with Gasteiger partial charge in [-0.2, -0.15) is 4.98 Å². The molecule has 0 aliphatic carbocycles. The van der Waals surface area contributed by atoms with Gasteiger partial charge in [0.15, 0.2) is 0 Å². The molecule has 0 unspecified atom stereocenters. The summed E-state index contributed by atoms with van der Waals surface area (Å²) in [5.41, 5.74) is 2.92. The number of rotatable bonds is 8. The fourth-order valence-electron chi connectivity index (χ4n) is 3.10. The Hall–Kier alpha value is -2.45. The van der Waals surface area contributed by atoms with Gasteiger partial charge in [-0.3, -0.25) is 4.79 Å². The third-order valence-electron chi connectivity index (χ3n) is 4.52. The Morgan fingerprint density at radius 2 is 2.00 bits per heavy atom. The molecule has 156 valence electrons. The molecule has 6 nitrogen and oxygen atoms in total. The fourth-order valence-corrected chi connectivity index (χ4v) is 5.94. The number of thioether (sulfide) groups is 2. The molecular weight excluding hydrogens is 418 g/mol. The van der Waals surface area contributed by atoms with Gasteiger partial charge < -0.3 is 14.6 Å². The third-order valence-corrected chi connectivity index (χ3v) is 7.63. The maximum absolute atomic E-state index is 12.4. The van der Waals surface area contributed by atoms with Crippen molar-refractivity contribution in [1.29, 1.82) is 0 Å². The van der Waals surface area contributed by atoms with Crippen LogP contribution in [0.2, 0.25) is 0 Å². The lowest BCUT2D eigenvalue weighted by Gasteiger charge is -2.11. The van der Waals surface area contributed by atoms with Crippen LogP contribution >= 0.6 is 23.5 Å². The van der Waals surface area contributed by atoms with Crippen molar-refractivity contribution >= 4 is 35.1 Å². The highest BCUT2D eigenvalue weighted by atomic mass is 32.2. The van der Waals surface area contributed by atoms with Crippen molar-refractivity contribution in [3.8, 4) is 17.1 Å². The van der Waals surface area contributed by atoms with Crippen LogP contribution in [-0.2, 0) is 11.2 Å². The standard InChI is InChI=1S/C22H23N3O3S2/c1-2-27-18-8-6-15(7-9-18)21-24-20(28-25-21)11-10-19(26)23-17-5-3-4-16(14-17)22-29-12-13-30-22/h3-9,14,22H,2,10-13H2,1H3,(H,23,26). The smallest absolute Gasteiger partial charge is 0.227 e. The summed E-state index contributed by atoms with van der Waals surface area (Å²) in [7, 11) is 0. The average molecular weight is 442 g/mol. The number of nitrogens with zero attached hydrogens (tertiary/aromatic N) is 2. The molecular formula is C22H23N3O3S2. The van der Waals surface area contributed by atoms with Crippen LogP contribution in [0.3, 0.4) is 0 Å². The van der Waals surface area contributed by atoms with Gasteiger partial charge in [0.2, 0.25) is 17.6 Å². The van der Waals surface area contributed by atoms with E-state index in [2.05, 4.69) is 27.6 Å². The average Bonchev–Trinajstić information content (AvgIpc) is 3.46. The van der Waals surface area contributed by atoms with Crippen LogP contribution in [0.4, 0.5) is 5.69 Å². The Balaban J connectivity index is 1.31. The number of nitrogens with one attached hydrogen (secondary N) is 1.